The molecule has 2 aromatic carbocycles. The molecule has 1 aromatic heterocycles. The van der Waals surface area contributed by atoms with Crippen LogP contribution in [0.2, 0.25) is 0 Å². The lowest BCUT2D eigenvalue weighted by Gasteiger charge is -2.33. The fraction of sp³-hybridized carbons (Fsp3) is 0.300. The van der Waals surface area contributed by atoms with E-state index in [1.807, 2.05) is 35.2 Å². The van der Waals surface area contributed by atoms with Crippen molar-refractivity contribution in [3.8, 4) is 0 Å². The van der Waals surface area contributed by atoms with Gasteiger partial charge in [0.05, 0.1) is 13.0 Å². The van der Waals surface area contributed by atoms with E-state index < -0.39 is 15.8 Å². The summed E-state index contributed by atoms with van der Waals surface area (Å²) >= 11 is 0. The number of halogens is 1. The van der Waals surface area contributed by atoms with Crippen molar-refractivity contribution in [2.45, 2.75) is 17.9 Å². The van der Waals surface area contributed by atoms with E-state index in [1.165, 1.54) is 22.5 Å². The molecule has 2 heterocycles. The third-order valence-corrected chi connectivity index (χ3v) is 6.78. The Hall–Kier alpha value is -2.62. The molecule has 7 nitrogen and oxygen atoms in total. The number of sulfonamides is 1. The van der Waals surface area contributed by atoms with Crippen molar-refractivity contribution in [1.82, 2.24) is 19.4 Å². The van der Waals surface area contributed by atoms with Gasteiger partial charge in [0.2, 0.25) is 21.8 Å². The predicted octanol–water partition coefficient (Wildman–Crippen LogP) is 2.31. The van der Waals surface area contributed by atoms with Crippen LogP contribution in [0.3, 0.4) is 0 Å². The summed E-state index contributed by atoms with van der Waals surface area (Å²) in [7, 11) is -3.84. The maximum atomic E-state index is 13.9. The number of rotatable bonds is 6. The van der Waals surface area contributed by atoms with Gasteiger partial charge in [0.1, 0.15) is 10.7 Å². The average Bonchev–Trinajstić information content (AvgIpc) is 3.16. The Morgan fingerprint density at radius 1 is 0.897 bits per heavy atom. The maximum Gasteiger partial charge on any atom is 0.246 e. The molecule has 0 saturated carbocycles. The molecule has 1 aliphatic heterocycles. The minimum Gasteiger partial charge on any atom is -0.424 e. The van der Waals surface area contributed by atoms with Crippen molar-refractivity contribution < 1.29 is 17.2 Å². The lowest BCUT2D eigenvalue weighted by Crippen LogP contribution is -2.48. The molecule has 1 saturated heterocycles. The van der Waals surface area contributed by atoms with Gasteiger partial charge >= 0.3 is 0 Å². The highest BCUT2D eigenvalue weighted by Crippen LogP contribution is 2.21. The van der Waals surface area contributed by atoms with Crippen molar-refractivity contribution in [2.75, 3.05) is 26.2 Å². The number of piperazine rings is 1. The molecule has 1 aliphatic rings. The van der Waals surface area contributed by atoms with E-state index in [0.717, 1.165) is 11.6 Å². The molecule has 1 fully saturated rings. The van der Waals surface area contributed by atoms with Crippen LogP contribution in [-0.4, -0.2) is 54.0 Å². The molecule has 0 amide bonds. The van der Waals surface area contributed by atoms with Crippen molar-refractivity contribution in [3.05, 3.63) is 77.8 Å². The van der Waals surface area contributed by atoms with Gasteiger partial charge in [-0.2, -0.15) is 4.31 Å². The summed E-state index contributed by atoms with van der Waals surface area (Å²) < 4.78 is 46.3. The van der Waals surface area contributed by atoms with Gasteiger partial charge in [-0.25, -0.2) is 12.8 Å². The van der Waals surface area contributed by atoms with Gasteiger partial charge in [-0.3, -0.25) is 4.90 Å². The summed E-state index contributed by atoms with van der Waals surface area (Å²) in [6, 6.07) is 15.3. The Bertz CT molecular complexity index is 1060. The quantitative estimate of drug-likeness (QED) is 0.614. The monoisotopic (exact) mass is 416 g/mol. The maximum absolute atomic E-state index is 13.9. The van der Waals surface area contributed by atoms with E-state index in [1.54, 1.807) is 0 Å². The zero-order chi connectivity index (χ0) is 20.3. The van der Waals surface area contributed by atoms with Crippen LogP contribution in [-0.2, 0) is 23.0 Å². The Morgan fingerprint density at radius 2 is 1.55 bits per heavy atom. The first kappa shape index (κ1) is 19.7. The molecule has 152 valence electrons. The molecule has 0 spiro atoms. The second kappa shape index (κ2) is 8.40. The van der Waals surface area contributed by atoms with Crippen LogP contribution in [0.15, 0.2) is 63.9 Å². The van der Waals surface area contributed by atoms with Crippen LogP contribution in [0.5, 0.6) is 0 Å². The van der Waals surface area contributed by atoms with E-state index in [-0.39, 0.29) is 18.0 Å². The third kappa shape index (κ3) is 4.52. The molecule has 3 aromatic rings. The topological polar surface area (TPSA) is 79.5 Å². The summed E-state index contributed by atoms with van der Waals surface area (Å²) in [5, 5.41) is 8.18. The first-order valence-electron chi connectivity index (χ1n) is 9.34. The highest BCUT2D eigenvalue weighted by molar-refractivity contribution is 7.89. The van der Waals surface area contributed by atoms with Crippen molar-refractivity contribution in [3.63, 3.8) is 0 Å². The number of hydrogen-bond donors (Lipinski definition) is 0. The Kier molecular flexibility index (Phi) is 5.70. The zero-order valence-corrected chi connectivity index (χ0v) is 16.6. The van der Waals surface area contributed by atoms with Crippen LogP contribution >= 0.6 is 0 Å². The molecule has 0 N–H and O–H groups in total. The van der Waals surface area contributed by atoms with Gasteiger partial charge in [-0.05, 0) is 17.7 Å². The Balaban J connectivity index is 1.34. The van der Waals surface area contributed by atoms with Gasteiger partial charge in [-0.1, -0.05) is 42.5 Å². The lowest BCUT2D eigenvalue weighted by molar-refractivity contribution is 0.167. The van der Waals surface area contributed by atoms with E-state index in [4.69, 9.17) is 4.42 Å². The van der Waals surface area contributed by atoms with Crippen LogP contribution in [0.1, 0.15) is 17.3 Å². The number of benzene rings is 2. The number of nitrogens with zero attached hydrogens (tertiary/aromatic N) is 4. The van der Waals surface area contributed by atoms with Crippen LogP contribution in [0, 0.1) is 5.82 Å². The van der Waals surface area contributed by atoms with Crippen molar-refractivity contribution in [2.24, 2.45) is 0 Å². The van der Waals surface area contributed by atoms with Crippen molar-refractivity contribution >= 4 is 10.0 Å². The first-order chi connectivity index (χ1) is 14.0. The summed E-state index contributed by atoms with van der Waals surface area (Å²) in [6.07, 6.45) is 0.572. The second-order valence-electron chi connectivity index (χ2n) is 6.86. The zero-order valence-electron chi connectivity index (χ0n) is 15.7. The predicted molar refractivity (Wildman–Crippen MR) is 104 cm³/mol. The molecular weight excluding hydrogens is 395 g/mol. The first-order valence-corrected chi connectivity index (χ1v) is 10.8. The van der Waals surface area contributed by atoms with E-state index in [2.05, 4.69) is 10.2 Å². The summed E-state index contributed by atoms with van der Waals surface area (Å²) in [5.41, 5.74) is 1.09. The van der Waals surface area contributed by atoms with Crippen LogP contribution < -0.4 is 0 Å². The fourth-order valence-electron chi connectivity index (χ4n) is 3.31. The molecule has 0 atom stereocenters. The Morgan fingerprint density at radius 3 is 2.28 bits per heavy atom. The number of aromatic nitrogens is 2. The van der Waals surface area contributed by atoms with Gasteiger partial charge in [-0.15, -0.1) is 10.2 Å². The van der Waals surface area contributed by atoms with Gasteiger partial charge in [0.25, 0.3) is 0 Å². The van der Waals surface area contributed by atoms with Crippen LogP contribution in [0.25, 0.3) is 0 Å². The Labute approximate surface area is 168 Å². The van der Waals surface area contributed by atoms with E-state index in [0.29, 0.717) is 37.8 Å². The highest BCUT2D eigenvalue weighted by atomic mass is 32.2. The largest absolute Gasteiger partial charge is 0.424 e. The van der Waals surface area contributed by atoms with E-state index in [9.17, 15) is 12.8 Å². The van der Waals surface area contributed by atoms with Gasteiger partial charge in [0, 0.05) is 26.2 Å². The second-order valence-corrected chi connectivity index (χ2v) is 8.77. The fourth-order valence-corrected chi connectivity index (χ4v) is 4.79. The minimum absolute atomic E-state index is 0.279. The minimum atomic E-state index is -3.84. The molecule has 0 radical (unpaired) electrons. The summed E-state index contributed by atoms with van der Waals surface area (Å²) in [4.78, 5) is 1.77. The number of hydrogen-bond acceptors (Lipinski definition) is 6. The van der Waals surface area contributed by atoms with Crippen LogP contribution in [0.4, 0.5) is 4.39 Å². The smallest absolute Gasteiger partial charge is 0.246 e. The molecule has 9 heteroatoms. The normalized spacial score (nSPS) is 16.2. The lowest BCUT2D eigenvalue weighted by atomic mass is 10.2. The molecule has 0 bridgehead atoms. The average molecular weight is 416 g/mol. The summed E-state index contributed by atoms with van der Waals surface area (Å²) in [6.45, 7) is 2.02. The van der Waals surface area contributed by atoms with Crippen molar-refractivity contribution in [1.29, 1.82) is 0 Å². The summed E-state index contributed by atoms with van der Waals surface area (Å²) in [5.74, 6) is 0.319. The third-order valence-electron chi connectivity index (χ3n) is 4.85. The molecule has 0 unspecified atom stereocenters. The molecular formula is C20H21FN4O3S. The molecule has 0 aliphatic carbocycles. The van der Waals surface area contributed by atoms with Gasteiger partial charge in [0.15, 0.2) is 0 Å². The highest BCUT2D eigenvalue weighted by Gasteiger charge is 2.30. The molecule has 29 heavy (non-hydrogen) atoms. The molecule has 4 rings (SSSR count). The van der Waals surface area contributed by atoms with E-state index >= 15 is 0 Å². The standard InChI is InChI=1S/C20H21FN4O3S/c21-17-8-4-5-9-18(17)29(26,27)25-12-10-24(11-13-25)15-20-23-22-19(28-20)14-16-6-2-1-3-7-16/h1-9H,10-15H2. The van der Waals surface area contributed by atoms with Gasteiger partial charge < -0.3 is 4.42 Å². The SMILES string of the molecule is O=S(=O)(c1ccccc1F)N1CCN(Cc2nnc(Cc3ccccc3)o2)CC1.